The van der Waals surface area contributed by atoms with Gasteiger partial charge >= 0.3 is 0 Å². The number of rotatable bonds is 4. The molecule has 2 aliphatic rings. The summed E-state index contributed by atoms with van der Waals surface area (Å²) in [4.78, 5) is 34.2. The van der Waals surface area contributed by atoms with Crippen LogP contribution < -0.4 is 4.90 Å². The minimum absolute atomic E-state index is 0.0203. The Bertz CT molecular complexity index is 1230. The predicted octanol–water partition coefficient (Wildman–Crippen LogP) is 4.42. The van der Waals surface area contributed by atoms with Gasteiger partial charge in [0.25, 0.3) is 5.89 Å². The first kappa shape index (κ1) is 22.3. The van der Waals surface area contributed by atoms with E-state index in [4.69, 9.17) is 4.52 Å². The van der Waals surface area contributed by atoms with Gasteiger partial charge in [-0.25, -0.2) is 0 Å². The van der Waals surface area contributed by atoms with E-state index in [0.29, 0.717) is 31.3 Å². The molecule has 1 aromatic heterocycles. The molecule has 2 amide bonds. The van der Waals surface area contributed by atoms with Crippen LogP contribution in [0.4, 0.5) is 5.69 Å². The monoisotopic (exact) mass is 458 g/mol. The first-order chi connectivity index (χ1) is 16.4. The fraction of sp³-hybridized carbons (Fsp3) is 0.407. The summed E-state index contributed by atoms with van der Waals surface area (Å²) in [7, 11) is 0. The molecule has 176 valence electrons. The van der Waals surface area contributed by atoms with Crippen molar-refractivity contribution in [2.24, 2.45) is 5.92 Å². The van der Waals surface area contributed by atoms with Crippen molar-refractivity contribution < 1.29 is 14.1 Å². The van der Waals surface area contributed by atoms with Crippen LogP contribution in [0.25, 0.3) is 11.5 Å². The number of anilines is 1. The highest BCUT2D eigenvalue weighted by Crippen LogP contribution is 2.32. The Morgan fingerprint density at radius 2 is 1.82 bits per heavy atom. The number of hydrogen-bond donors (Lipinski definition) is 0. The zero-order chi connectivity index (χ0) is 23.8. The number of carbonyl (C=O) groups is 2. The summed E-state index contributed by atoms with van der Waals surface area (Å²) in [5.74, 6) is 1.22. The normalized spacial score (nSPS) is 19.1. The largest absolute Gasteiger partial charge is 0.342 e. The molecule has 34 heavy (non-hydrogen) atoms. The van der Waals surface area contributed by atoms with Crippen LogP contribution >= 0.6 is 0 Å². The molecule has 2 saturated heterocycles. The fourth-order valence-corrected chi connectivity index (χ4v) is 4.93. The van der Waals surface area contributed by atoms with E-state index in [1.807, 2.05) is 61.2 Å². The second-order valence-corrected chi connectivity index (χ2v) is 9.60. The molecule has 2 aliphatic heterocycles. The maximum atomic E-state index is 13.2. The quantitative estimate of drug-likeness (QED) is 0.578. The molecule has 0 unspecified atom stereocenters. The van der Waals surface area contributed by atoms with Gasteiger partial charge < -0.3 is 14.3 Å². The van der Waals surface area contributed by atoms with Gasteiger partial charge in [-0.1, -0.05) is 28.9 Å². The SMILES string of the molecule is Cc1cccc(-c2nc(C3CCN(C(=O)[C@H]4CC(=O)N(c5ccc(C)c(C)c5)C4)CC3)no2)c1. The average Bonchev–Trinajstić information content (AvgIpc) is 3.48. The number of likely N-dealkylation sites (tertiary alicyclic amines) is 1. The maximum absolute atomic E-state index is 13.2. The van der Waals surface area contributed by atoms with E-state index in [9.17, 15) is 9.59 Å². The van der Waals surface area contributed by atoms with Crippen molar-refractivity contribution in [1.82, 2.24) is 15.0 Å². The lowest BCUT2D eigenvalue weighted by molar-refractivity contribution is -0.136. The van der Waals surface area contributed by atoms with Crippen molar-refractivity contribution in [3.63, 3.8) is 0 Å². The number of aromatic nitrogens is 2. The number of aryl methyl sites for hydroxylation is 3. The molecule has 7 heteroatoms. The van der Waals surface area contributed by atoms with Crippen molar-refractivity contribution >= 4 is 17.5 Å². The van der Waals surface area contributed by atoms with Crippen molar-refractivity contribution in [1.29, 1.82) is 0 Å². The minimum atomic E-state index is -0.288. The molecular formula is C27H30N4O3. The fourth-order valence-electron chi connectivity index (χ4n) is 4.93. The van der Waals surface area contributed by atoms with Crippen molar-refractivity contribution in [2.75, 3.05) is 24.5 Å². The molecule has 2 fully saturated rings. The lowest BCUT2D eigenvalue weighted by Crippen LogP contribution is -2.42. The van der Waals surface area contributed by atoms with Crippen LogP contribution in [-0.2, 0) is 9.59 Å². The van der Waals surface area contributed by atoms with Crippen molar-refractivity contribution in [3.05, 3.63) is 65.0 Å². The number of piperidine rings is 1. The molecule has 0 radical (unpaired) electrons. The minimum Gasteiger partial charge on any atom is -0.342 e. The molecule has 2 aromatic carbocycles. The molecule has 3 aromatic rings. The number of amides is 2. The van der Waals surface area contributed by atoms with Gasteiger partial charge in [-0.2, -0.15) is 4.98 Å². The van der Waals surface area contributed by atoms with Gasteiger partial charge in [-0.3, -0.25) is 9.59 Å². The Morgan fingerprint density at radius 1 is 1.03 bits per heavy atom. The molecule has 3 heterocycles. The van der Waals surface area contributed by atoms with E-state index in [-0.39, 0.29) is 30.1 Å². The Hall–Kier alpha value is -3.48. The molecule has 0 saturated carbocycles. The summed E-state index contributed by atoms with van der Waals surface area (Å²) in [6.07, 6.45) is 1.86. The van der Waals surface area contributed by atoms with Crippen molar-refractivity contribution in [2.45, 2.75) is 46.0 Å². The number of hydrogen-bond acceptors (Lipinski definition) is 5. The third-order valence-corrected chi connectivity index (χ3v) is 7.15. The van der Waals surface area contributed by atoms with Gasteiger partial charge in [-0.05, 0) is 69.0 Å². The first-order valence-electron chi connectivity index (χ1n) is 12.0. The van der Waals surface area contributed by atoms with Gasteiger partial charge in [0, 0.05) is 43.2 Å². The molecule has 5 rings (SSSR count). The van der Waals surface area contributed by atoms with Gasteiger partial charge in [0.15, 0.2) is 5.82 Å². The van der Waals surface area contributed by atoms with Crippen LogP contribution in [0, 0.1) is 26.7 Å². The molecule has 7 nitrogen and oxygen atoms in total. The zero-order valence-corrected chi connectivity index (χ0v) is 20.0. The van der Waals surface area contributed by atoms with Crippen molar-refractivity contribution in [3.8, 4) is 11.5 Å². The third-order valence-electron chi connectivity index (χ3n) is 7.15. The number of nitrogens with zero attached hydrogens (tertiary/aromatic N) is 4. The lowest BCUT2D eigenvalue weighted by atomic mass is 9.95. The Labute approximate surface area is 199 Å². The molecule has 1 atom stereocenters. The van der Waals surface area contributed by atoms with Crippen LogP contribution in [0.5, 0.6) is 0 Å². The predicted molar refractivity (Wildman–Crippen MR) is 129 cm³/mol. The van der Waals surface area contributed by atoms with E-state index in [0.717, 1.165) is 35.2 Å². The zero-order valence-electron chi connectivity index (χ0n) is 20.0. The van der Waals surface area contributed by atoms with E-state index in [1.54, 1.807) is 4.90 Å². The third kappa shape index (κ3) is 4.34. The summed E-state index contributed by atoms with van der Waals surface area (Å²) < 4.78 is 5.51. The lowest BCUT2D eigenvalue weighted by Gasteiger charge is -2.32. The molecule has 0 bridgehead atoms. The summed E-state index contributed by atoms with van der Waals surface area (Å²) in [6.45, 7) is 7.87. The summed E-state index contributed by atoms with van der Waals surface area (Å²) >= 11 is 0. The van der Waals surface area contributed by atoms with Gasteiger partial charge in [0.1, 0.15) is 0 Å². The van der Waals surface area contributed by atoms with Crippen LogP contribution in [-0.4, -0.2) is 46.5 Å². The topological polar surface area (TPSA) is 79.5 Å². The van der Waals surface area contributed by atoms with Gasteiger partial charge in [0.2, 0.25) is 11.8 Å². The molecule has 0 N–H and O–H groups in total. The van der Waals surface area contributed by atoms with E-state index < -0.39 is 0 Å². The Kier molecular flexibility index (Phi) is 5.94. The van der Waals surface area contributed by atoms with Crippen LogP contribution in [0.15, 0.2) is 47.0 Å². The van der Waals surface area contributed by atoms with Crippen LogP contribution in [0.2, 0.25) is 0 Å². The summed E-state index contributed by atoms with van der Waals surface area (Å²) in [5, 5.41) is 4.22. The summed E-state index contributed by atoms with van der Waals surface area (Å²) in [6, 6.07) is 14.0. The number of carbonyl (C=O) groups excluding carboxylic acids is 2. The molecule has 0 aliphatic carbocycles. The Balaban J connectivity index is 1.19. The highest BCUT2D eigenvalue weighted by Gasteiger charge is 2.38. The second-order valence-electron chi connectivity index (χ2n) is 9.60. The maximum Gasteiger partial charge on any atom is 0.257 e. The molecule has 0 spiro atoms. The first-order valence-corrected chi connectivity index (χ1v) is 12.0. The second kappa shape index (κ2) is 9.05. The van der Waals surface area contributed by atoms with Crippen LogP contribution in [0.3, 0.4) is 0 Å². The van der Waals surface area contributed by atoms with E-state index in [2.05, 4.69) is 17.1 Å². The number of benzene rings is 2. The average molecular weight is 459 g/mol. The highest BCUT2D eigenvalue weighted by atomic mass is 16.5. The standard InChI is InChI=1S/C27H30N4O3/c1-17-5-4-6-21(13-17)26-28-25(29-34-26)20-9-11-30(12-10-20)27(33)22-15-24(32)31(16-22)23-8-7-18(2)19(3)14-23/h4-8,13-14,20,22H,9-12,15-16H2,1-3H3/t22-/m0/s1. The smallest absolute Gasteiger partial charge is 0.257 e. The van der Waals surface area contributed by atoms with Gasteiger partial charge in [0.05, 0.1) is 5.92 Å². The van der Waals surface area contributed by atoms with Gasteiger partial charge in [-0.15, -0.1) is 0 Å². The highest BCUT2D eigenvalue weighted by molar-refractivity contribution is 6.00. The Morgan fingerprint density at radius 3 is 2.56 bits per heavy atom. The van der Waals surface area contributed by atoms with Crippen LogP contribution in [0.1, 0.15) is 47.7 Å². The van der Waals surface area contributed by atoms with E-state index >= 15 is 0 Å². The van der Waals surface area contributed by atoms with E-state index in [1.165, 1.54) is 5.56 Å². The molecular weight excluding hydrogens is 428 g/mol. The summed E-state index contributed by atoms with van der Waals surface area (Å²) in [5.41, 5.74) is 5.28.